The van der Waals surface area contributed by atoms with Gasteiger partial charge in [0.25, 0.3) is 0 Å². The Morgan fingerprint density at radius 3 is 2.78 bits per heavy atom. The highest BCUT2D eigenvalue weighted by molar-refractivity contribution is 5.94. The van der Waals surface area contributed by atoms with E-state index in [9.17, 15) is 4.39 Å². The van der Waals surface area contributed by atoms with E-state index >= 15 is 0 Å². The molecule has 3 aromatic carbocycles. The van der Waals surface area contributed by atoms with Crippen LogP contribution < -0.4 is 10.6 Å². The third-order valence-electron chi connectivity index (χ3n) is 6.76. The number of aromatic nitrogens is 2. The largest absolute Gasteiger partial charge is 0.344 e. The second-order valence-electron chi connectivity index (χ2n) is 9.33. The molecule has 7 heteroatoms. The molecule has 2 N–H and O–H groups in total. The van der Waals surface area contributed by atoms with Gasteiger partial charge in [-0.1, -0.05) is 54.6 Å². The van der Waals surface area contributed by atoms with Gasteiger partial charge in [-0.05, 0) is 43.2 Å². The van der Waals surface area contributed by atoms with E-state index in [1.807, 2.05) is 55.2 Å². The Kier molecular flexibility index (Phi) is 7.23. The summed E-state index contributed by atoms with van der Waals surface area (Å²) < 4.78 is 16.0. The number of fused-ring (bicyclic) bond motifs is 1. The molecule has 0 amide bonds. The van der Waals surface area contributed by atoms with Crippen molar-refractivity contribution in [1.82, 2.24) is 15.0 Å². The second kappa shape index (κ2) is 10.9. The molecule has 1 aliphatic heterocycles. The van der Waals surface area contributed by atoms with Crippen LogP contribution in [-0.2, 0) is 13.0 Å². The monoisotopic (exact) mass is 494 g/mol. The van der Waals surface area contributed by atoms with Crippen LogP contribution >= 0.6 is 0 Å². The van der Waals surface area contributed by atoms with Crippen molar-refractivity contribution in [1.29, 1.82) is 0 Å². The molecule has 4 aromatic rings. The van der Waals surface area contributed by atoms with Crippen LogP contribution in [-0.4, -0.2) is 28.8 Å². The van der Waals surface area contributed by atoms with Crippen LogP contribution in [0.1, 0.15) is 48.3 Å². The lowest BCUT2D eigenvalue weighted by atomic mass is 9.94. The van der Waals surface area contributed by atoms with Gasteiger partial charge in [-0.25, -0.2) is 14.1 Å². The fraction of sp³-hybridized carbons (Fsp3) is 0.233. The van der Waals surface area contributed by atoms with Gasteiger partial charge in [0.05, 0.1) is 17.7 Å². The molecule has 37 heavy (non-hydrogen) atoms. The maximum Gasteiger partial charge on any atom is 0.131 e. The summed E-state index contributed by atoms with van der Waals surface area (Å²) in [4.78, 5) is 8.87. The van der Waals surface area contributed by atoms with Crippen molar-refractivity contribution in [3.8, 4) is 11.3 Å². The Balaban J connectivity index is 1.29. The fourth-order valence-electron chi connectivity index (χ4n) is 4.61. The van der Waals surface area contributed by atoms with E-state index in [1.165, 1.54) is 11.6 Å². The molecule has 2 heterocycles. The summed E-state index contributed by atoms with van der Waals surface area (Å²) in [5.74, 6) is 1.75. The number of rotatable bonds is 7. The molecule has 188 valence electrons. The zero-order valence-corrected chi connectivity index (χ0v) is 21.3. The highest BCUT2D eigenvalue weighted by atomic mass is 19.1. The molecule has 0 spiro atoms. The Hall–Kier alpha value is -4.10. The van der Waals surface area contributed by atoms with E-state index in [0.717, 1.165) is 40.6 Å². The van der Waals surface area contributed by atoms with Crippen molar-refractivity contribution in [2.45, 2.75) is 38.8 Å². The Bertz CT molecular complexity index is 1450. The molecule has 0 radical (unpaired) electrons. The minimum Gasteiger partial charge on any atom is -0.344 e. The Labute approximate surface area is 217 Å². The highest BCUT2D eigenvalue weighted by Gasteiger charge is 2.21. The fourth-order valence-corrected chi connectivity index (χ4v) is 4.61. The lowest BCUT2D eigenvalue weighted by Crippen LogP contribution is -2.19. The predicted octanol–water partition coefficient (Wildman–Crippen LogP) is 6.17. The third-order valence-corrected chi connectivity index (χ3v) is 6.76. The summed E-state index contributed by atoms with van der Waals surface area (Å²) in [5, 5.41) is 11.5. The summed E-state index contributed by atoms with van der Waals surface area (Å²) >= 11 is 0. The van der Waals surface area contributed by atoms with Gasteiger partial charge in [-0.2, -0.15) is 5.10 Å². The Morgan fingerprint density at radius 2 is 1.95 bits per heavy atom. The zero-order chi connectivity index (χ0) is 25.8. The number of aliphatic imine (C=N–C) groups is 1. The van der Waals surface area contributed by atoms with Crippen LogP contribution in [0, 0.1) is 5.82 Å². The SMILES string of the molecule is CN=C(C)Nc1cccc(-c2cnc3n2N=CC(c2cccc(CNC(C)c4ccccc4F)c2)C3)c1. The van der Waals surface area contributed by atoms with Crippen molar-refractivity contribution in [3.05, 3.63) is 107 Å². The van der Waals surface area contributed by atoms with Gasteiger partial charge in [0.2, 0.25) is 0 Å². The van der Waals surface area contributed by atoms with E-state index in [0.29, 0.717) is 12.1 Å². The first-order chi connectivity index (χ1) is 18.0. The van der Waals surface area contributed by atoms with Gasteiger partial charge in [0.15, 0.2) is 0 Å². The molecule has 5 rings (SSSR count). The number of nitrogens with zero attached hydrogens (tertiary/aromatic N) is 4. The molecule has 0 fully saturated rings. The Morgan fingerprint density at radius 1 is 1.11 bits per heavy atom. The maximum atomic E-state index is 14.1. The van der Waals surface area contributed by atoms with Crippen molar-refractivity contribution in [2.24, 2.45) is 10.1 Å². The first-order valence-corrected chi connectivity index (χ1v) is 12.5. The van der Waals surface area contributed by atoms with Crippen molar-refractivity contribution in [3.63, 3.8) is 0 Å². The van der Waals surface area contributed by atoms with Gasteiger partial charge in [-0.3, -0.25) is 4.99 Å². The van der Waals surface area contributed by atoms with Gasteiger partial charge in [0.1, 0.15) is 11.6 Å². The first kappa shape index (κ1) is 24.6. The molecule has 0 saturated heterocycles. The van der Waals surface area contributed by atoms with Crippen LogP contribution in [0.2, 0.25) is 0 Å². The molecular weight excluding hydrogens is 463 g/mol. The smallest absolute Gasteiger partial charge is 0.131 e. The van der Waals surface area contributed by atoms with Crippen LogP contribution in [0.15, 0.2) is 89.1 Å². The zero-order valence-electron chi connectivity index (χ0n) is 21.3. The highest BCUT2D eigenvalue weighted by Crippen LogP contribution is 2.29. The van der Waals surface area contributed by atoms with E-state index in [1.54, 1.807) is 13.1 Å². The summed E-state index contributed by atoms with van der Waals surface area (Å²) in [7, 11) is 1.77. The lowest BCUT2D eigenvalue weighted by molar-refractivity contribution is 0.528. The number of halogens is 1. The van der Waals surface area contributed by atoms with Crippen molar-refractivity contribution < 1.29 is 4.39 Å². The third kappa shape index (κ3) is 5.52. The number of amidine groups is 1. The minimum atomic E-state index is -0.183. The van der Waals surface area contributed by atoms with Gasteiger partial charge < -0.3 is 10.6 Å². The number of hydrogen-bond acceptors (Lipinski definition) is 4. The molecular formula is C30H31FN6. The van der Waals surface area contributed by atoms with Crippen LogP contribution in [0.25, 0.3) is 11.3 Å². The van der Waals surface area contributed by atoms with E-state index in [4.69, 9.17) is 10.1 Å². The summed E-state index contributed by atoms with van der Waals surface area (Å²) in [6.45, 7) is 4.57. The number of benzene rings is 3. The topological polar surface area (TPSA) is 66.6 Å². The average molecular weight is 495 g/mol. The van der Waals surface area contributed by atoms with Gasteiger partial charge >= 0.3 is 0 Å². The normalized spacial score (nSPS) is 15.9. The first-order valence-electron chi connectivity index (χ1n) is 12.5. The molecule has 0 bridgehead atoms. The van der Waals surface area contributed by atoms with E-state index < -0.39 is 0 Å². The standard InChI is InChI=1S/C30H31FN6/c1-20(27-12-4-5-13-28(27)31)33-17-22-8-6-9-23(14-22)25-16-30-34-19-29(37(30)35-18-25)24-10-7-11-26(15-24)36-21(2)32-3/h4-15,18-20,25,33H,16-17H2,1-3H3,(H,32,36). The summed E-state index contributed by atoms with van der Waals surface area (Å²) in [5.41, 5.74) is 6.00. The molecule has 0 saturated carbocycles. The molecule has 2 unspecified atom stereocenters. The molecule has 1 aliphatic rings. The van der Waals surface area contributed by atoms with Crippen LogP contribution in [0.5, 0.6) is 0 Å². The van der Waals surface area contributed by atoms with Crippen LogP contribution in [0.4, 0.5) is 10.1 Å². The molecule has 6 nitrogen and oxygen atoms in total. The minimum absolute atomic E-state index is 0.0844. The number of hydrogen-bond donors (Lipinski definition) is 2. The van der Waals surface area contributed by atoms with Gasteiger partial charge in [0, 0.05) is 55.0 Å². The number of anilines is 1. The number of nitrogens with one attached hydrogen (secondary N) is 2. The maximum absolute atomic E-state index is 14.1. The second-order valence-corrected chi connectivity index (χ2v) is 9.33. The van der Waals surface area contributed by atoms with Crippen molar-refractivity contribution in [2.75, 3.05) is 12.4 Å². The van der Waals surface area contributed by atoms with Crippen LogP contribution in [0.3, 0.4) is 0 Å². The van der Waals surface area contributed by atoms with Crippen molar-refractivity contribution >= 4 is 17.7 Å². The van der Waals surface area contributed by atoms with E-state index in [2.05, 4.69) is 52.0 Å². The van der Waals surface area contributed by atoms with Gasteiger partial charge in [-0.15, -0.1) is 0 Å². The molecule has 0 aliphatic carbocycles. The lowest BCUT2D eigenvalue weighted by Gasteiger charge is -2.20. The summed E-state index contributed by atoms with van der Waals surface area (Å²) in [6, 6.07) is 23.5. The average Bonchev–Trinajstić information content (AvgIpc) is 3.35. The molecule has 2 atom stereocenters. The summed E-state index contributed by atoms with van der Waals surface area (Å²) in [6.07, 6.45) is 4.66. The molecule has 1 aromatic heterocycles. The predicted molar refractivity (Wildman–Crippen MR) is 149 cm³/mol. The van der Waals surface area contributed by atoms with E-state index in [-0.39, 0.29) is 17.8 Å². The quantitative estimate of drug-likeness (QED) is 0.238. The number of imidazole rings is 1.